The number of nitriles is 1. The van der Waals surface area contributed by atoms with Crippen molar-refractivity contribution in [2.45, 2.75) is 0 Å². The zero-order valence-corrected chi connectivity index (χ0v) is 24.9. The van der Waals surface area contributed by atoms with Gasteiger partial charge in [0.05, 0.1) is 51.0 Å². The van der Waals surface area contributed by atoms with Crippen LogP contribution in [-0.2, 0) is 0 Å². The SMILES string of the molecule is [C-]#[N+]c1cc(-n2c3ccccc3c3ccc4oc5ccccc5c4c32)c(C#N)cc1-n1c2ccccc2c2c3ccccc3ccc21. The lowest BCUT2D eigenvalue weighted by Gasteiger charge is -2.16. The Balaban J connectivity index is 1.35. The Kier molecular flexibility index (Phi) is 5.07. The average molecular weight is 599 g/mol. The van der Waals surface area contributed by atoms with Crippen LogP contribution in [0, 0.1) is 17.9 Å². The van der Waals surface area contributed by atoms with Crippen molar-refractivity contribution in [1.29, 1.82) is 5.26 Å². The monoisotopic (exact) mass is 598 g/mol. The average Bonchev–Trinajstić information content (AvgIpc) is 3.78. The Labute approximate surface area is 268 Å². The van der Waals surface area contributed by atoms with E-state index in [4.69, 9.17) is 11.0 Å². The van der Waals surface area contributed by atoms with E-state index in [9.17, 15) is 5.26 Å². The Morgan fingerprint density at radius 1 is 0.553 bits per heavy atom. The summed E-state index contributed by atoms with van der Waals surface area (Å²) in [5.41, 5.74) is 7.78. The van der Waals surface area contributed by atoms with E-state index in [2.05, 4.69) is 98.9 Å². The molecule has 10 rings (SSSR count). The summed E-state index contributed by atoms with van der Waals surface area (Å²) in [4.78, 5) is 4.10. The topological polar surface area (TPSA) is 51.1 Å². The molecule has 0 aliphatic carbocycles. The third-order valence-electron chi connectivity index (χ3n) is 9.55. The van der Waals surface area contributed by atoms with Crippen LogP contribution in [0.3, 0.4) is 0 Å². The van der Waals surface area contributed by atoms with Crippen molar-refractivity contribution < 1.29 is 4.42 Å². The summed E-state index contributed by atoms with van der Waals surface area (Å²) in [7, 11) is 0. The van der Waals surface area contributed by atoms with Crippen molar-refractivity contribution >= 4 is 82.0 Å². The van der Waals surface area contributed by atoms with Gasteiger partial charge in [-0.1, -0.05) is 84.9 Å². The Hall–Kier alpha value is -6.82. The predicted octanol–water partition coefficient (Wildman–Crippen LogP) is 11.4. The number of nitrogens with zero attached hydrogens (tertiary/aromatic N) is 4. The molecule has 47 heavy (non-hydrogen) atoms. The van der Waals surface area contributed by atoms with Crippen LogP contribution in [0.25, 0.3) is 92.5 Å². The van der Waals surface area contributed by atoms with E-state index >= 15 is 0 Å². The van der Waals surface area contributed by atoms with Gasteiger partial charge >= 0.3 is 0 Å². The number of para-hydroxylation sites is 3. The standard InChI is InChI=1S/C42H22N4O/c1-44-32-23-36(46-33-15-7-4-12-28(33)29-19-21-39-41(42(29)46)31-14-6-9-17-38(31)47-39)26(24-43)22-37(32)45-34-16-8-5-13-30(34)40-27-11-3-2-10-25(27)18-20-35(40)45/h2-23H. The molecule has 7 aromatic carbocycles. The lowest BCUT2D eigenvalue weighted by molar-refractivity contribution is 0.669. The molecular formula is C42H22N4O. The van der Waals surface area contributed by atoms with E-state index in [-0.39, 0.29) is 0 Å². The maximum atomic E-state index is 10.8. The van der Waals surface area contributed by atoms with Crippen LogP contribution in [-0.4, -0.2) is 9.13 Å². The van der Waals surface area contributed by atoms with Gasteiger partial charge in [0.2, 0.25) is 5.69 Å². The Morgan fingerprint density at radius 3 is 2.06 bits per heavy atom. The van der Waals surface area contributed by atoms with Gasteiger partial charge < -0.3 is 13.6 Å². The predicted molar refractivity (Wildman–Crippen MR) is 191 cm³/mol. The summed E-state index contributed by atoms with van der Waals surface area (Å²) in [6.45, 7) is 8.43. The lowest BCUT2D eigenvalue weighted by Crippen LogP contribution is -2.01. The highest BCUT2D eigenvalue weighted by Gasteiger charge is 2.23. The first-order chi connectivity index (χ1) is 23.2. The van der Waals surface area contributed by atoms with E-state index in [1.165, 1.54) is 0 Å². The zero-order chi connectivity index (χ0) is 31.2. The first-order valence-electron chi connectivity index (χ1n) is 15.5. The molecule has 3 heterocycles. The van der Waals surface area contributed by atoms with E-state index in [0.29, 0.717) is 22.6 Å². The summed E-state index contributed by atoms with van der Waals surface area (Å²) in [5.74, 6) is 0. The second kappa shape index (κ2) is 9.34. The van der Waals surface area contributed by atoms with E-state index < -0.39 is 0 Å². The third kappa shape index (κ3) is 3.35. The fourth-order valence-electron chi connectivity index (χ4n) is 7.62. The van der Waals surface area contributed by atoms with E-state index in [0.717, 1.165) is 76.3 Å². The van der Waals surface area contributed by atoms with Gasteiger partial charge in [-0.2, -0.15) is 5.26 Å². The third-order valence-corrected chi connectivity index (χ3v) is 9.55. The van der Waals surface area contributed by atoms with Crippen LogP contribution in [0.2, 0.25) is 0 Å². The largest absolute Gasteiger partial charge is 0.456 e. The van der Waals surface area contributed by atoms with Crippen molar-refractivity contribution in [3.8, 4) is 17.4 Å². The molecule has 0 amide bonds. The van der Waals surface area contributed by atoms with Gasteiger partial charge in [0.1, 0.15) is 17.2 Å². The fourth-order valence-corrected chi connectivity index (χ4v) is 7.62. The lowest BCUT2D eigenvalue weighted by atomic mass is 10.0. The molecule has 5 heteroatoms. The van der Waals surface area contributed by atoms with Crippen LogP contribution in [0.4, 0.5) is 5.69 Å². The first kappa shape index (κ1) is 25.5. The molecule has 5 nitrogen and oxygen atoms in total. The number of aromatic nitrogens is 2. The van der Waals surface area contributed by atoms with Gasteiger partial charge in [-0.15, -0.1) is 0 Å². The molecule has 0 radical (unpaired) electrons. The van der Waals surface area contributed by atoms with Crippen molar-refractivity contribution in [3.63, 3.8) is 0 Å². The first-order valence-corrected chi connectivity index (χ1v) is 15.5. The molecule has 0 aliphatic heterocycles. The highest BCUT2D eigenvalue weighted by Crippen LogP contribution is 2.44. The molecule has 0 N–H and O–H groups in total. The van der Waals surface area contributed by atoms with Crippen molar-refractivity contribution in [2.24, 2.45) is 0 Å². The van der Waals surface area contributed by atoms with Crippen LogP contribution >= 0.6 is 0 Å². The molecule has 0 spiro atoms. The molecule has 10 aromatic rings. The van der Waals surface area contributed by atoms with Gasteiger partial charge in [0, 0.05) is 26.9 Å². The van der Waals surface area contributed by atoms with Crippen molar-refractivity contribution in [3.05, 3.63) is 150 Å². The van der Waals surface area contributed by atoms with Gasteiger partial charge in [0.25, 0.3) is 0 Å². The summed E-state index contributed by atoms with van der Waals surface area (Å²) >= 11 is 0. The van der Waals surface area contributed by atoms with Gasteiger partial charge in [-0.25, -0.2) is 4.85 Å². The van der Waals surface area contributed by atoms with Crippen LogP contribution in [0.5, 0.6) is 0 Å². The number of fused-ring (bicyclic) bond motifs is 12. The molecule has 0 bridgehead atoms. The molecule has 0 atom stereocenters. The molecule has 0 saturated carbocycles. The number of hydrogen-bond donors (Lipinski definition) is 0. The van der Waals surface area contributed by atoms with Gasteiger partial charge in [0.15, 0.2) is 0 Å². The fraction of sp³-hybridized carbons (Fsp3) is 0. The summed E-state index contributed by atoms with van der Waals surface area (Å²) < 4.78 is 10.6. The molecule has 216 valence electrons. The van der Waals surface area contributed by atoms with Crippen molar-refractivity contribution in [1.82, 2.24) is 9.13 Å². The summed E-state index contributed by atoms with van der Waals surface area (Å²) in [6, 6.07) is 47.6. The zero-order valence-electron chi connectivity index (χ0n) is 24.9. The maximum absolute atomic E-state index is 10.8. The van der Waals surface area contributed by atoms with Crippen LogP contribution < -0.4 is 0 Å². The maximum Gasteiger partial charge on any atom is 0.212 e. The minimum atomic E-state index is 0.463. The molecule has 0 saturated heterocycles. The Bertz CT molecular complexity index is 3050. The van der Waals surface area contributed by atoms with Gasteiger partial charge in [-0.3, -0.25) is 0 Å². The summed E-state index contributed by atoms with van der Waals surface area (Å²) in [6.07, 6.45) is 0. The highest BCUT2D eigenvalue weighted by atomic mass is 16.3. The minimum absolute atomic E-state index is 0.463. The number of furan rings is 1. The number of benzene rings is 7. The quantitative estimate of drug-likeness (QED) is 0.186. The van der Waals surface area contributed by atoms with Crippen LogP contribution in [0.1, 0.15) is 5.56 Å². The number of rotatable bonds is 2. The van der Waals surface area contributed by atoms with Crippen LogP contribution in [0.15, 0.2) is 138 Å². The van der Waals surface area contributed by atoms with E-state index in [1.807, 2.05) is 54.6 Å². The molecule has 0 aliphatic rings. The smallest absolute Gasteiger partial charge is 0.212 e. The molecule has 0 fully saturated rings. The highest BCUT2D eigenvalue weighted by molar-refractivity contribution is 6.25. The van der Waals surface area contributed by atoms with Crippen molar-refractivity contribution in [2.75, 3.05) is 0 Å². The van der Waals surface area contributed by atoms with E-state index in [1.54, 1.807) is 0 Å². The molecule has 3 aromatic heterocycles. The second-order valence-corrected chi connectivity index (χ2v) is 11.9. The Morgan fingerprint density at radius 2 is 1.26 bits per heavy atom. The molecular weight excluding hydrogens is 576 g/mol. The summed E-state index contributed by atoms with van der Waals surface area (Å²) in [5, 5.41) is 19.5. The minimum Gasteiger partial charge on any atom is -0.456 e. The number of hydrogen-bond acceptors (Lipinski definition) is 2. The molecule has 0 unspecified atom stereocenters. The van der Waals surface area contributed by atoms with Gasteiger partial charge in [-0.05, 0) is 59.3 Å². The second-order valence-electron chi connectivity index (χ2n) is 11.9. The normalized spacial score (nSPS) is 11.8.